The van der Waals surface area contributed by atoms with Crippen LogP contribution in [0.3, 0.4) is 0 Å². The van der Waals surface area contributed by atoms with Crippen LogP contribution in [0.1, 0.15) is 58.1 Å². The van der Waals surface area contributed by atoms with Gasteiger partial charge in [-0.1, -0.05) is 76.2 Å². The van der Waals surface area contributed by atoms with Crippen LogP contribution >= 0.6 is 0 Å². The molecule has 0 radical (unpaired) electrons. The maximum absolute atomic E-state index is 12.4. The summed E-state index contributed by atoms with van der Waals surface area (Å²) in [6, 6.07) is 16.9. The summed E-state index contributed by atoms with van der Waals surface area (Å²) in [4.78, 5) is 24.5. The zero-order valence-electron chi connectivity index (χ0n) is 15.6. The second kappa shape index (κ2) is 6.25. The second-order valence-corrected chi connectivity index (χ2v) is 8.31. The van der Waals surface area contributed by atoms with E-state index < -0.39 is 5.41 Å². The van der Waals surface area contributed by atoms with Gasteiger partial charge < -0.3 is 0 Å². The Bertz CT molecular complexity index is 778. The Balaban J connectivity index is 1.83. The molecule has 0 saturated carbocycles. The van der Waals surface area contributed by atoms with Crippen LogP contribution in [0.25, 0.3) is 11.1 Å². The molecule has 3 rings (SSSR count). The van der Waals surface area contributed by atoms with E-state index in [4.69, 9.17) is 0 Å². The molecule has 0 amide bonds. The summed E-state index contributed by atoms with van der Waals surface area (Å²) in [7, 11) is 0. The lowest BCUT2D eigenvalue weighted by molar-refractivity contribution is -0.131. The van der Waals surface area contributed by atoms with Crippen LogP contribution in [0.4, 0.5) is 0 Å². The highest BCUT2D eigenvalue weighted by molar-refractivity contribution is 6.01. The number of carbonyl (C=O) groups is 2. The summed E-state index contributed by atoms with van der Waals surface area (Å²) in [5.74, 6) is 0.0675. The lowest BCUT2D eigenvalue weighted by Gasteiger charge is -2.27. The molecule has 0 spiro atoms. The SMILES string of the molecule is CC(C)(C)C(=O)CC(=O)CCC1(C)c2ccccc2-c2ccccc21. The van der Waals surface area contributed by atoms with Gasteiger partial charge in [0.15, 0.2) is 0 Å². The highest BCUT2D eigenvalue weighted by Gasteiger charge is 2.39. The molecule has 0 fully saturated rings. The van der Waals surface area contributed by atoms with Crippen molar-refractivity contribution in [2.75, 3.05) is 0 Å². The Morgan fingerprint density at radius 2 is 1.36 bits per heavy atom. The quantitative estimate of drug-likeness (QED) is 0.693. The maximum atomic E-state index is 12.4. The third-order valence-electron chi connectivity index (χ3n) is 5.43. The maximum Gasteiger partial charge on any atom is 0.145 e. The molecule has 1 aliphatic carbocycles. The molecular formula is C23H26O2. The van der Waals surface area contributed by atoms with Crippen LogP contribution in [0.2, 0.25) is 0 Å². The van der Waals surface area contributed by atoms with E-state index in [9.17, 15) is 9.59 Å². The molecule has 0 heterocycles. The van der Waals surface area contributed by atoms with Gasteiger partial charge in [-0.2, -0.15) is 0 Å². The number of ketones is 2. The minimum atomic E-state index is -0.452. The first-order valence-corrected chi connectivity index (χ1v) is 8.98. The largest absolute Gasteiger partial charge is 0.299 e. The standard InChI is InChI=1S/C23H26O2/c1-22(2,3)21(25)15-16(24)13-14-23(4)19-11-7-5-9-17(19)18-10-6-8-12-20(18)23/h5-12H,13-15H2,1-4H3. The molecule has 0 atom stereocenters. The van der Waals surface area contributed by atoms with Crippen molar-refractivity contribution in [1.82, 2.24) is 0 Å². The monoisotopic (exact) mass is 334 g/mol. The fourth-order valence-electron chi connectivity index (χ4n) is 3.73. The summed E-state index contributed by atoms with van der Waals surface area (Å²) in [5.41, 5.74) is 4.47. The van der Waals surface area contributed by atoms with Crippen LogP contribution in [0.15, 0.2) is 48.5 Å². The molecule has 1 aliphatic rings. The van der Waals surface area contributed by atoms with Crippen molar-refractivity contribution in [1.29, 1.82) is 0 Å². The molecule has 0 N–H and O–H groups in total. The molecule has 2 nitrogen and oxygen atoms in total. The van der Waals surface area contributed by atoms with Gasteiger partial charge in [0.1, 0.15) is 11.6 Å². The van der Waals surface area contributed by atoms with Crippen molar-refractivity contribution in [2.24, 2.45) is 5.41 Å². The van der Waals surface area contributed by atoms with E-state index in [1.54, 1.807) is 0 Å². The molecular weight excluding hydrogens is 308 g/mol. The third kappa shape index (κ3) is 3.18. The zero-order valence-corrected chi connectivity index (χ0v) is 15.6. The molecule has 25 heavy (non-hydrogen) atoms. The van der Waals surface area contributed by atoms with Gasteiger partial charge in [0.05, 0.1) is 6.42 Å². The van der Waals surface area contributed by atoms with Crippen molar-refractivity contribution in [3.63, 3.8) is 0 Å². The molecule has 0 bridgehead atoms. The third-order valence-corrected chi connectivity index (χ3v) is 5.43. The summed E-state index contributed by atoms with van der Waals surface area (Å²) < 4.78 is 0. The van der Waals surface area contributed by atoms with E-state index in [2.05, 4.69) is 55.5 Å². The molecule has 0 unspecified atom stereocenters. The van der Waals surface area contributed by atoms with E-state index in [1.807, 2.05) is 20.8 Å². The predicted molar refractivity (Wildman–Crippen MR) is 102 cm³/mol. The highest BCUT2D eigenvalue weighted by Crippen LogP contribution is 2.50. The summed E-state index contributed by atoms with van der Waals surface area (Å²) in [5, 5.41) is 0. The first kappa shape index (κ1) is 17.6. The summed E-state index contributed by atoms with van der Waals surface area (Å²) in [6.07, 6.45) is 1.21. The van der Waals surface area contributed by atoms with Crippen molar-refractivity contribution in [3.05, 3.63) is 59.7 Å². The van der Waals surface area contributed by atoms with Gasteiger partial charge in [-0.25, -0.2) is 0 Å². The molecule has 0 saturated heterocycles. The number of hydrogen-bond donors (Lipinski definition) is 0. The van der Waals surface area contributed by atoms with E-state index in [0.29, 0.717) is 6.42 Å². The lowest BCUT2D eigenvalue weighted by atomic mass is 9.75. The number of benzene rings is 2. The minimum absolute atomic E-state index is 0.0230. The Morgan fingerprint density at radius 3 is 1.84 bits per heavy atom. The van der Waals surface area contributed by atoms with Crippen molar-refractivity contribution in [3.8, 4) is 11.1 Å². The summed E-state index contributed by atoms with van der Waals surface area (Å²) in [6.45, 7) is 7.82. The number of rotatable bonds is 5. The van der Waals surface area contributed by atoms with Crippen molar-refractivity contribution >= 4 is 11.6 Å². The first-order chi connectivity index (χ1) is 11.7. The van der Waals surface area contributed by atoms with E-state index in [0.717, 1.165) is 6.42 Å². The van der Waals surface area contributed by atoms with Gasteiger partial charge in [-0.05, 0) is 28.7 Å². The van der Waals surface area contributed by atoms with Gasteiger partial charge in [0.2, 0.25) is 0 Å². The van der Waals surface area contributed by atoms with Crippen LogP contribution in [0.5, 0.6) is 0 Å². The van der Waals surface area contributed by atoms with Gasteiger partial charge in [-0.3, -0.25) is 9.59 Å². The van der Waals surface area contributed by atoms with Gasteiger partial charge in [0.25, 0.3) is 0 Å². The topological polar surface area (TPSA) is 34.1 Å². The fraction of sp³-hybridized carbons (Fsp3) is 0.391. The van der Waals surface area contributed by atoms with Crippen LogP contribution in [-0.4, -0.2) is 11.6 Å². The predicted octanol–water partition coefficient (Wildman–Crippen LogP) is 5.33. The van der Waals surface area contributed by atoms with Gasteiger partial charge in [-0.15, -0.1) is 0 Å². The molecule has 130 valence electrons. The van der Waals surface area contributed by atoms with E-state index in [1.165, 1.54) is 22.3 Å². The number of hydrogen-bond acceptors (Lipinski definition) is 2. The number of carbonyl (C=O) groups excluding carboxylic acids is 2. The average Bonchev–Trinajstić information content (AvgIpc) is 2.83. The van der Waals surface area contributed by atoms with Crippen LogP contribution in [-0.2, 0) is 15.0 Å². The Labute approximate surface area is 150 Å². The minimum Gasteiger partial charge on any atom is -0.299 e. The number of fused-ring (bicyclic) bond motifs is 3. The van der Waals surface area contributed by atoms with Crippen molar-refractivity contribution < 1.29 is 9.59 Å². The van der Waals surface area contributed by atoms with Crippen LogP contribution < -0.4 is 0 Å². The Kier molecular flexibility index (Phi) is 4.40. The smallest absolute Gasteiger partial charge is 0.145 e. The average molecular weight is 334 g/mol. The Hall–Kier alpha value is -2.22. The first-order valence-electron chi connectivity index (χ1n) is 8.98. The van der Waals surface area contributed by atoms with Crippen molar-refractivity contribution in [2.45, 2.75) is 52.4 Å². The van der Waals surface area contributed by atoms with E-state index in [-0.39, 0.29) is 23.4 Å². The lowest BCUT2D eigenvalue weighted by Crippen LogP contribution is -2.25. The molecule has 0 aliphatic heterocycles. The second-order valence-electron chi connectivity index (χ2n) is 8.31. The Morgan fingerprint density at radius 1 is 0.880 bits per heavy atom. The molecule has 0 aromatic heterocycles. The molecule has 2 aromatic carbocycles. The number of Topliss-reactive ketones (excluding diaryl/α,β-unsaturated/α-hetero) is 2. The fourth-order valence-corrected chi connectivity index (χ4v) is 3.73. The normalized spacial score (nSPS) is 14.7. The van der Waals surface area contributed by atoms with Gasteiger partial charge >= 0.3 is 0 Å². The zero-order chi connectivity index (χ0) is 18.2. The molecule has 2 heteroatoms. The van der Waals surface area contributed by atoms with E-state index >= 15 is 0 Å². The van der Waals surface area contributed by atoms with Gasteiger partial charge in [0, 0.05) is 17.3 Å². The summed E-state index contributed by atoms with van der Waals surface area (Å²) >= 11 is 0. The highest BCUT2D eigenvalue weighted by atomic mass is 16.1. The van der Waals surface area contributed by atoms with Crippen LogP contribution in [0, 0.1) is 5.41 Å². The molecule has 2 aromatic rings.